The highest BCUT2D eigenvalue weighted by molar-refractivity contribution is 5.86. The summed E-state index contributed by atoms with van der Waals surface area (Å²) in [5.74, 6) is -1.50. The van der Waals surface area contributed by atoms with Crippen molar-refractivity contribution in [3.8, 4) is 11.1 Å². The van der Waals surface area contributed by atoms with Crippen LogP contribution in [0.3, 0.4) is 0 Å². The van der Waals surface area contributed by atoms with E-state index < -0.39 is 18.1 Å². The van der Waals surface area contributed by atoms with E-state index >= 15 is 0 Å². The number of hydrogen-bond acceptors (Lipinski definition) is 5. The molecular weight excluding hydrogens is 434 g/mol. The van der Waals surface area contributed by atoms with Gasteiger partial charge in [0.05, 0.1) is 6.04 Å². The molecule has 0 aromatic heterocycles. The highest BCUT2D eigenvalue weighted by Crippen LogP contribution is 2.44. The molecule has 0 bridgehead atoms. The summed E-state index contributed by atoms with van der Waals surface area (Å²) < 4.78 is 5.54. The molecular formula is C26H31N3O5. The number of rotatable bonds is 10. The van der Waals surface area contributed by atoms with E-state index in [0.29, 0.717) is 0 Å². The smallest absolute Gasteiger partial charge is 0.407 e. The molecule has 1 fully saturated rings. The average molecular weight is 466 g/mol. The summed E-state index contributed by atoms with van der Waals surface area (Å²) in [5, 5.41) is 14.6. The van der Waals surface area contributed by atoms with Crippen molar-refractivity contribution in [1.29, 1.82) is 0 Å². The molecule has 1 unspecified atom stereocenters. The lowest BCUT2D eigenvalue weighted by atomic mass is 9.98. The van der Waals surface area contributed by atoms with Crippen LogP contribution in [0.2, 0.25) is 0 Å². The van der Waals surface area contributed by atoms with Gasteiger partial charge in [0.2, 0.25) is 5.91 Å². The first-order valence-electron chi connectivity index (χ1n) is 11.8. The monoisotopic (exact) mass is 465 g/mol. The van der Waals surface area contributed by atoms with Gasteiger partial charge in [-0.25, -0.2) is 4.79 Å². The fourth-order valence-electron chi connectivity index (χ4n) is 4.78. The van der Waals surface area contributed by atoms with Crippen LogP contribution in [0, 0.1) is 0 Å². The second-order valence-electron chi connectivity index (χ2n) is 8.92. The van der Waals surface area contributed by atoms with Crippen LogP contribution in [-0.2, 0) is 14.3 Å². The molecule has 0 spiro atoms. The normalized spacial score (nSPS) is 16.1. The number of nitrogens with one attached hydrogen (secondary N) is 2. The highest BCUT2D eigenvalue weighted by atomic mass is 16.5. The Hall–Kier alpha value is -3.39. The Morgan fingerprint density at radius 1 is 1.06 bits per heavy atom. The first-order valence-corrected chi connectivity index (χ1v) is 11.8. The molecule has 1 aliphatic heterocycles. The molecule has 4 rings (SSSR count). The van der Waals surface area contributed by atoms with E-state index in [0.717, 1.165) is 48.3 Å². The SMILES string of the molecule is CCCN1CC(NC(=O)C(CCC(=O)O)NC(=O)OCC2c3ccccc3-c3ccccc32)C1. The third-order valence-electron chi connectivity index (χ3n) is 6.44. The number of carboxylic acid groups (broad SMARTS) is 1. The number of carbonyl (C=O) groups is 3. The molecule has 1 heterocycles. The summed E-state index contributed by atoms with van der Waals surface area (Å²) in [6, 6.07) is 15.1. The Morgan fingerprint density at radius 2 is 1.68 bits per heavy atom. The van der Waals surface area contributed by atoms with E-state index in [1.54, 1.807) is 0 Å². The van der Waals surface area contributed by atoms with Crippen LogP contribution in [0.1, 0.15) is 43.2 Å². The van der Waals surface area contributed by atoms with Gasteiger partial charge in [-0.2, -0.15) is 0 Å². The van der Waals surface area contributed by atoms with Crippen LogP contribution in [0.5, 0.6) is 0 Å². The van der Waals surface area contributed by atoms with Crippen molar-refractivity contribution in [3.63, 3.8) is 0 Å². The second kappa shape index (κ2) is 10.7. The molecule has 34 heavy (non-hydrogen) atoms. The molecule has 180 valence electrons. The van der Waals surface area contributed by atoms with Gasteiger partial charge in [0.25, 0.3) is 0 Å². The van der Waals surface area contributed by atoms with Crippen LogP contribution in [0.15, 0.2) is 48.5 Å². The van der Waals surface area contributed by atoms with Gasteiger partial charge in [-0.15, -0.1) is 0 Å². The summed E-state index contributed by atoms with van der Waals surface area (Å²) in [5.41, 5.74) is 4.45. The summed E-state index contributed by atoms with van der Waals surface area (Å²) in [6.45, 7) is 4.73. The summed E-state index contributed by atoms with van der Waals surface area (Å²) in [6.07, 6.45) is 0.0877. The van der Waals surface area contributed by atoms with E-state index in [4.69, 9.17) is 9.84 Å². The number of amides is 2. The van der Waals surface area contributed by atoms with Crippen LogP contribution in [0.4, 0.5) is 4.79 Å². The molecule has 2 aliphatic rings. The maximum atomic E-state index is 12.8. The van der Waals surface area contributed by atoms with Crippen molar-refractivity contribution in [3.05, 3.63) is 59.7 Å². The maximum absolute atomic E-state index is 12.8. The standard InChI is InChI=1S/C26H31N3O5/c1-2-13-29-14-17(15-29)27-25(32)23(11-12-24(30)31)28-26(33)34-16-22-20-9-5-3-7-18(20)19-8-4-6-10-21(19)22/h3-10,17,22-23H,2,11-16H2,1H3,(H,27,32)(H,28,33)(H,30,31). The van der Waals surface area contributed by atoms with Gasteiger partial charge in [-0.3, -0.25) is 14.5 Å². The molecule has 2 aromatic carbocycles. The lowest BCUT2D eigenvalue weighted by Crippen LogP contribution is -2.62. The van der Waals surface area contributed by atoms with Gasteiger partial charge < -0.3 is 20.5 Å². The minimum atomic E-state index is -1.02. The predicted octanol–water partition coefficient (Wildman–Crippen LogP) is 2.97. The van der Waals surface area contributed by atoms with Crippen molar-refractivity contribution in [2.45, 2.75) is 44.2 Å². The summed E-state index contributed by atoms with van der Waals surface area (Å²) >= 11 is 0. The summed E-state index contributed by atoms with van der Waals surface area (Å²) in [7, 11) is 0. The minimum absolute atomic E-state index is 0.00322. The van der Waals surface area contributed by atoms with Crippen molar-refractivity contribution in [2.24, 2.45) is 0 Å². The molecule has 3 N–H and O–H groups in total. The van der Waals surface area contributed by atoms with Crippen molar-refractivity contribution in [2.75, 3.05) is 26.2 Å². The van der Waals surface area contributed by atoms with Crippen molar-refractivity contribution < 1.29 is 24.2 Å². The topological polar surface area (TPSA) is 108 Å². The van der Waals surface area contributed by atoms with E-state index in [1.165, 1.54) is 0 Å². The number of carboxylic acids is 1. The average Bonchev–Trinajstić information content (AvgIpc) is 3.12. The Balaban J connectivity index is 1.35. The number of carbonyl (C=O) groups excluding carboxylic acids is 2. The highest BCUT2D eigenvalue weighted by Gasteiger charge is 2.32. The Kier molecular flexibility index (Phi) is 7.47. The van der Waals surface area contributed by atoms with Gasteiger partial charge in [-0.1, -0.05) is 55.5 Å². The number of aliphatic carboxylic acids is 1. The van der Waals surface area contributed by atoms with Crippen LogP contribution in [-0.4, -0.2) is 66.3 Å². The zero-order valence-corrected chi connectivity index (χ0v) is 19.3. The number of benzene rings is 2. The van der Waals surface area contributed by atoms with Crippen LogP contribution in [0.25, 0.3) is 11.1 Å². The zero-order chi connectivity index (χ0) is 24.1. The number of fused-ring (bicyclic) bond motifs is 3. The molecule has 1 aliphatic carbocycles. The van der Waals surface area contributed by atoms with Crippen molar-refractivity contribution >= 4 is 18.0 Å². The van der Waals surface area contributed by atoms with Gasteiger partial charge in [0.1, 0.15) is 12.6 Å². The van der Waals surface area contributed by atoms with E-state index in [1.807, 2.05) is 36.4 Å². The molecule has 8 nitrogen and oxygen atoms in total. The van der Waals surface area contributed by atoms with Gasteiger partial charge in [0.15, 0.2) is 0 Å². The molecule has 1 saturated heterocycles. The molecule has 8 heteroatoms. The lowest BCUT2D eigenvalue weighted by molar-refractivity contribution is -0.137. The van der Waals surface area contributed by atoms with Gasteiger partial charge >= 0.3 is 12.1 Å². The quantitative estimate of drug-likeness (QED) is 0.498. The Bertz CT molecular complexity index is 1000. The third kappa shape index (κ3) is 5.39. The second-order valence-corrected chi connectivity index (χ2v) is 8.92. The van der Waals surface area contributed by atoms with E-state index in [9.17, 15) is 14.4 Å². The van der Waals surface area contributed by atoms with Crippen LogP contribution >= 0.6 is 0 Å². The van der Waals surface area contributed by atoms with E-state index in [-0.39, 0.29) is 37.3 Å². The fourth-order valence-corrected chi connectivity index (χ4v) is 4.78. The predicted molar refractivity (Wildman–Crippen MR) is 128 cm³/mol. The maximum Gasteiger partial charge on any atom is 0.407 e. The minimum Gasteiger partial charge on any atom is -0.481 e. The molecule has 0 radical (unpaired) electrons. The number of nitrogens with zero attached hydrogens (tertiary/aromatic N) is 1. The largest absolute Gasteiger partial charge is 0.481 e. The Labute approximate surface area is 199 Å². The first kappa shape index (κ1) is 23.8. The number of alkyl carbamates (subject to hydrolysis) is 1. The van der Waals surface area contributed by atoms with E-state index in [2.05, 4.69) is 34.6 Å². The van der Waals surface area contributed by atoms with Gasteiger partial charge in [0, 0.05) is 25.4 Å². The number of ether oxygens (including phenoxy) is 1. The Morgan fingerprint density at radius 3 is 2.26 bits per heavy atom. The zero-order valence-electron chi connectivity index (χ0n) is 19.3. The first-order chi connectivity index (χ1) is 16.5. The van der Waals surface area contributed by atoms with Crippen LogP contribution < -0.4 is 10.6 Å². The third-order valence-corrected chi connectivity index (χ3v) is 6.44. The molecule has 1 atom stereocenters. The van der Waals surface area contributed by atoms with Gasteiger partial charge in [-0.05, 0) is 41.6 Å². The molecule has 2 aromatic rings. The lowest BCUT2D eigenvalue weighted by Gasteiger charge is -2.40. The molecule has 2 amide bonds. The fraction of sp³-hybridized carbons (Fsp3) is 0.423. The molecule has 0 saturated carbocycles. The number of likely N-dealkylation sites (tertiary alicyclic amines) is 1. The number of hydrogen-bond donors (Lipinski definition) is 3. The summed E-state index contributed by atoms with van der Waals surface area (Å²) in [4.78, 5) is 38.7. The van der Waals surface area contributed by atoms with Crippen molar-refractivity contribution in [1.82, 2.24) is 15.5 Å².